The van der Waals surface area contributed by atoms with Crippen molar-refractivity contribution in [1.29, 1.82) is 0 Å². The predicted molar refractivity (Wildman–Crippen MR) is 145 cm³/mol. The smallest absolute Gasteiger partial charge is 0.291 e. The van der Waals surface area contributed by atoms with Crippen molar-refractivity contribution in [3.05, 3.63) is 111 Å². The van der Waals surface area contributed by atoms with Crippen molar-refractivity contribution < 1.29 is 18.9 Å². The minimum atomic E-state index is -0.482. The molecule has 0 atom stereocenters. The maximum Gasteiger partial charge on any atom is 0.291 e. The number of rotatable bonds is 6. The van der Waals surface area contributed by atoms with Gasteiger partial charge in [0.05, 0.1) is 16.3 Å². The van der Waals surface area contributed by atoms with E-state index in [2.05, 4.69) is 10.2 Å². The number of carbonyl (C=O) groups excluding carboxylic acids is 2. The third-order valence-electron chi connectivity index (χ3n) is 6.32. The first kappa shape index (κ1) is 25.0. The molecule has 4 aromatic rings. The van der Waals surface area contributed by atoms with E-state index in [0.717, 1.165) is 5.69 Å². The monoisotopic (exact) mass is 530 g/mol. The molecule has 0 unspecified atom stereocenters. The maximum absolute atomic E-state index is 13.0. The number of non-ortho nitro benzene ring substituents is 1. The highest BCUT2D eigenvalue weighted by Gasteiger charge is 2.24. The van der Waals surface area contributed by atoms with Crippen LogP contribution < -0.4 is 10.2 Å². The lowest BCUT2D eigenvalue weighted by molar-refractivity contribution is -0.384. The fourth-order valence-electron chi connectivity index (χ4n) is 4.35. The molecule has 1 aliphatic rings. The summed E-state index contributed by atoms with van der Waals surface area (Å²) in [7, 11) is 0. The van der Waals surface area contributed by atoms with Crippen molar-refractivity contribution in [2.75, 3.05) is 36.4 Å². The van der Waals surface area contributed by atoms with Gasteiger partial charge in [-0.3, -0.25) is 19.7 Å². The molecule has 0 bridgehead atoms. The third-order valence-corrected chi connectivity index (χ3v) is 6.57. The molecule has 1 N–H and O–H groups in total. The van der Waals surface area contributed by atoms with Gasteiger partial charge in [-0.1, -0.05) is 35.9 Å². The van der Waals surface area contributed by atoms with Gasteiger partial charge in [-0.05, 0) is 48.5 Å². The van der Waals surface area contributed by atoms with Crippen molar-refractivity contribution in [1.82, 2.24) is 4.90 Å². The number of halogens is 1. The van der Waals surface area contributed by atoms with Crippen LogP contribution in [0, 0.1) is 10.1 Å². The van der Waals surface area contributed by atoms with E-state index in [1.54, 1.807) is 47.4 Å². The number of anilines is 2. The molecule has 1 aromatic heterocycles. The second-order valence-electron chi connectivity index (χ2n) is 8.73. The first-order valence-corrected chi connectivity index (χ1v) is 12.3. The zero-order valence-electron chi connectivity index (χ0n) is 20.2. The molecular weight excluding hydrogens is 508 g/mol. The number of piperazine rings is 1. The fraction of sp³-hybridized carbons (Fsp3) is 0.143. The number of hydrogen-bond donors (Lipinski definition) is 1. The molecule has 0 aliphatic carbocycles. The van der Waals surface area contributed by atoms with Crippen molar-refractivity contribution >= 4 is 40.5 Å². The van der Waals surface area contributed by atoms with Crippen LogP contribution in [-0.4, -0.2) is 47.8 Å². The van der Waals surface area contributed by atoms with Crippen LogP contribution in [0.2, 0.25) is 5.02 Å². The van der Waals surface area contributed by atoms with E-state index in [9.17, 15) is 19.7 Å². The number of carbonyl (C=O) groups is 2. The highest BCUT2D eigenvalue weighted by molar-refractivity contribution is 6.30. The Morgan fingerprint density at radius 1 is 0.895 bits per heavy atom. The molecule has 2 heterocycles. The Morgan fingerprint density at radius 2 is 1.63 bits per heavy atom. The zero-order chi connectivity index (χ0) is 26.6. The van der Waals surface area contributed by atoms with Crippen LogP contribution in [0.15, 0.2) is 89.3 Å². The van der Waals surface area contributed by atoms with Crippen LogP contribution in [-0.2, 0) is 0 Å². The van der Waals surface area contributed by atoms with E-state index in [4.69, 9.17) is 16.0 Å². The average Bonchev–Trinajstić information content (AvgIpc) is 3.44. The van der Waals surface area contributed by atoms with E-state index < -0.39 is 10.8 Å². The molecule has 38 heavy (non-hydrogen) atoms. The van der Waals surface area contributed by atoms with E-state index >= 15 is 0 Å². The van der Waals surface area contributed by atoms with Gasteiger partial charge in [-0.25, -0.2) is 0 Å². The Balaban J connectivity index is 1.26. The predicted octanol–water partition coefficient (Wildman–Crippen LogP) is 5.72. The first-order valence-electron chi connectivity index (χ1n) is 11.9. The number of nitro benzene ring substituents is 1. The van der Waals surface area contributed by atoms with Gasteiger partial charge in [0.15, 0.2) is 5.76 Å². The van der Waals surface area contributed by atoms with Crippen molar-refractivity contribution in [3.8, 4) is 11.3 Å². The summed E-state index contributed by atoms with van der Waals surface area (Å²) >= 11 is 5.93. The van der Waals surface area contributed by atoms with Crippen LogP contribution >= 0.6 is 11.6 Å². The molecule has 1 saturated heterocycles. The molecule has 1 aliphatic heterocycles. The fourth-order valence-corrected chi connectivity index (χ4v) is 4.48. The summed E-state index contributed by atoms with van der Waals surface area (Å²) < 4.78 is 5.71. The zero-order valence-corrected chi connectivity index (χ0v) is 20.9. The summed E-state index contributed by atoms with van der Waals surface area (Å²) in [5.41, 5.74) is 2.49. The number of para-hydroxylation sites is 2. The van der Waals surface area contributed by atoms with E-state index in [0.29, 0.717) is 53.8 Å². The van der Waals surface area contributed by atoms with E-state index in [-0.39, 0.29) is 17.4 Å². The summed E-state index contributed by atoms with van der Waals surface area (Å²) in [6.45, 7) is 2.27. The van der Waals surface area contributed by atoms with Gasteiger partial charge >= 0.3 is 0 Å². The molecular formula is C28H23ClN4O5. The van der Waals surface area contributed by atoms with Crippen molar-refractivity contribution in [2.24, 2.45) is 0 Å². The Kier molecular flexibility index (Phi) is 7.10. The number of hydrogen-bond acceptors (Lipinski definition) is 6. The van der Waals surface area contributed by atoms with Crippen molar-refractivity contribution in [2.45, 2.75) is 0 Å². The molecule has 0 spiro atoms. The second kappa shape index (κ2) is 10.8. The lowest BCUT2D eigenvalue weighted by Crippen LogP contribution is -2.49. The summed E-state index contributed by atoms with van der Waals surface area (Å²) in [4.78, 5) is 40.4. The SMILES string of the molecule is O=C(Nc1ccccc1N1CCN(C(=O)c2ccc(Cl)cc2)CC1)c1ccc(-c2cccc([N+](=O)[O-])c2)o1. The number of nitro groups is 1. The first-order chi connectivity index (χ1) is 18.4. The van der Waals surface area contributed by atoms with Gasteiger partial charge in [0.2, 0.25) is 0 Å². The highest BCUT2D eigenvalue weighted by Crippen LogP contribution is 2.29. The topological polar surface area (TPSA) is 109 Å². The van der Waals surface area contributed by atoms with Crippen LogP contribution in [0.5, 0.6) is 0 Å². The molecule has 0 saturated carbocycles. The number of nitrogens with zero attached hydrogens (tertiary/aromatic N) is 3. The van der Waals surface area contributed by atoms with Gasteiger partial charge < -0.3 is 19.5 Å². The summed E-state index contributed by atoms with van der Waals surface area (Å²) in [6.07, 6.45) is 0. The number of nitrogens with one attached hydrogen (secondary N) is 1. The average molecular weight is 531 g/mol. The minimum Gasteiger partial charge on any atom is -0.451 e. The van der Waals surface area contributed by atoms with E-state index in [1.165, 1.54) is 18.2 Å². The van der Waals surface area contributed by atoms with Gasteiger partial charge in [0, 0.05) is 54.5 Å². The quantitative estimate of drug-likeness (QED) is 0.252. The molecule has 5 rings (SSSR count). The van der Waals surface area contributed by atoms with Gasteiger partial charge in [-0.15, -0.1) is 0 Å². The lowest BCUT2D eigenvalue weighted by atomic mass is 10.1. The highest BCUT2D eigenvalue weighted by atomic mass is 35.5. The van der Waals surface area contributed by atoms with Crippen LogP contribution in [0.25, 0.3) is 11.3 Å². The summed E-state index contributed by atoms with van der Waals surface area (Å²) in [6, 6.07) is 23.5. The van der Waals surface area contributed by atoms with Crippen molar-refractivity contribution in [3.63, 3.8) is 0 Å². The lowest BCUT2D eigenvalue weighted by Gasteiger charge is -2.37. The van der Waals surface area contributed by atoms with Crippen LogP contribution in [0.1, 0.15) is 20.9 Å². The third kappa shape index (κ3) is 5.37. The standard InChI is InChI=1S/C28H23ClN4O5/c29-21-10-8-19(9-11-21)28(35)32-16-14-31(15-17-32)24-7-2-1-6-23(24)30-27(34)26-13-12-25(38-26)20-4-3-5-22(18-20)33(36)37/h1-13,18H,14-17H2,(H,30,34). The number of benzene rings is 3. The Bertz CT molecular complexity index is 1490. The molecule has 192 valence electrons. The largest absolute Gasteiger partial charge is 0.451 e. The summed E-state index contributed by atoms with van der Waals surface area (Å²) in [5.74, 6) is -0.0424. The Morgan fingerprint density at radius 3 is 2.37 bits per heavy atom. The van der Waals surface area contributed by atoms with Gasteiger partial charge in [0.25, 0.3) is 17.5 Å². The maximum atomic E-state index is 13.0. The molecule has 1 fully saturated rings. The van der Waals surface area contributed by atoms with Gasteiger partial charge in [-0.2, -0.15) is 0 Å². The molecule has 3 aromatic carbocycles. The Hall–Kier alpha value is -4.63. The molecule has 0 radical (unpaired) electrons. The second-order valence-corrected chi connectivity index (χ2v) is 9.17. The molecule has 2 amide bonds. The Labute approximate surface area is 223 Å². The molecule has 10 heteroatoms. The minimum absolute atomic E-state index is 0.0414. The normalized spacial score (nSPS) is 13.3. The van der Waals surface area contributed by atoms with E-state index in [1.807, 2.05) is 24.3 Å². The number of amides is 2. The van der Waals surface area contributed by atoms with Crippen LogP contribution in [0.3, 0.4) is 0 Å². The number of furan rings is 1. The van der Waals surface area contributed by atoms with Crippen LogP contribution in [0.4, 0.5) is 17.1 Å². The molecule has 9 nitrogen and oxygen atoms in total. The summed E-state index contributed by atoms with van der Waals surface area (Å²) in [5, 5.41) is 14.6. The van der Waals surface area contributed by atoms with Gasteiger partial charge in [0.1, 0.15) is 5.76 Å².